The molecule has 0 bridgehead atoms. The van der Waals surface area contributed by atoms with Gasteiger partial charge in [-0.15, -0.1) is 0 Å². The van der Waals surface area contributed by atoms with Gasteiger partial charge in [0.2, 0.25) is 0 Å². The van der Waals surface area contributed by atoms with Crippen LogP contribution in [0.4, 0.5) is 0 Å². The lowest BCUT2D eigenvalue weighted by molar-refractivity contribution is -0.138. The average Bonchev–Trinajstić information content (AvgIpc) is 2.02. The summed E-state index contributed by atoms with van der Waals surface area (Å²) in [6.45, 7) is 5.11. The average molecular weight is 188 g/mol. The highest BCUT2D eigenvalue weighted by Gasteiger charge is 2.09. The van der Waals surface area contributed by atoms with Crippen LogP contribution in [0.1, 0.15) is 33.1 Å². The lowest BCUT2D eigenvalue weighted by Crippen LogP contribution is -2.30. The topological polar surface area (TPSA) is 75.3 Å². The van der Waals surface area contributed by atoms with Crippen molar-refractivity contribution in [1.82, 2.24) is 5.32 Å². The Kier molecular flexibility index (Phi) is 6.54. The maximum atomic E-state index is 10.3. The molecule has 0 spiro atoms. The molecule has 0 saturated carbocycles. The summed E-state index contributed by atoms with van der Waals surface area (Å²) in [4.78, 5) is 10.3. The van der Waals surface area contributed by atoms with Crippen LogP contribution in [0.5, 0.6) is 0 Å². The first kappa shape index (κ1) is 12.4. The van der Waals surface area contributed by atoms with E-state index in [0.29, 0.717) is 12.5 Å². The maximum Gasteiger partial charge on any atom is 0.320 e. The summed E-state index contributed by atoms with van der Waals surface area (Å²) in [6, 6.07) is -0.202. The zero-order valence-electron chi connectivity index (χ0n) is 8.42. The van der Waals surface area contributed by atoms with Crippen LogP contribution in [0, 0.1) is 0 Å². The summed E-state index contributed by atoms with van der Waals surface area (Å²) >= 11 is 0. The molecule has 0 amide bonds. The van der Waals surface area contributed by atoms with Crippen molar-refractivity contribution in [3.05, 3.63) is 0 Å². The first-order valence-electron chi connectivity index (χ1n) is 4.75. The van der Waals surface area contributed by atoms with Gasteiger partial charge in [0.05, 0.1) is 0 Å². The molecule has 4 heteroatoms. The predicted molar refractivity (Wildman–Crippen MR) is 52.6 cm³/mol. The van der Waals surface area contributed by atoms with Crippen LogP contribution >= 0.6 is 0 Å². The Morgan fingerprint density at radius 1 is 1.46 bits per heavy atom. The number of aliphatic carboxylic acids is 1. The maximum absolute atomic E-state index is 10.3. The van der Waals surface area contributed by atoms with Gasteiger partial charge in [0.1, 0.15) is 6.04 Å². The fraction of sp³-hybridized carbons (Fsp3) is 0.889. The molecule has 0 aliphatic carbocycles. The Morgan fingerprint density at radius 2 is 2.08 bits per heavy atom. The molecule has 0 heterocycles. The lowest BCUT2D eigenvalue weighted by atomic mass is 10.1. The Bertz CT molecular complexity index is 149. The van der Waals surface area contributed by atoms with E-state index < -0.39 is 12.0 Å². The molecule has 4 N–H and O–H groups in total. The van der Waals surface area contributed by atoms with Gasteiger partial charge in [-0.1, -0.05) is 20.3 Å². The van der Waals surface area contributed by atoms with E-state index in [9.17, 15) is 4.79 Å². The summed E-state index contributed by atoms with van der Waals surface area (Å²) in [5.74, 6) is -0.906. The van der Waals surface area contributed by atoms with Crippen LogP contribution in [0.25, 0.3) is 0 Å². The highest BCUT2D eigenvalue weighted by atomic mass is 16.4. The number of nitrogens with two attached hydrogens (primary N) is 1. The molecule has 0 fully saturated rings. The predicted octanol–water partition coefficient (Wildman–Crippen LogP) is 0.567. The third kappa shape index (κ3) is 7.74. The molecule has 1 atom stereocenters. The molecule has 0 aliphatic rings. The fourth-order valence-electron chi connectivity index (χ4n) is 1.00. The molecule has 0 saturated heterocycles. The van der Waals surface area contributed by atoms with Crippen molar-refractivity contribution in [3.8, 4) is 0 Å². The van der Waals surface area contributed by atoms with Crippen molar-refractivity contribution in [2.75, 3.05) is 6.54 Å². The van der Waals surface area contributed by atoms with Gasteiger partial charge in [-0.25, -0.2) is 0 Å². The number of hydrogen-bond acceptors (Lipinski definition) is 3. The standard InChI is InChI=1S/C9H20N2O2/c1-7(2)11-6-4-3-5-8(10)9(12)13/h7-8,11H,3-6,10H2,1-2H3,(H,12,13)/t8-/m1/s1. The molecule has 78 valence electrons. The number of unbranched alkanes of at least 4 members (excludes halogenated alkanes) is 1. The van der Waals surface area contributed by atoms with Crippen LogP contribution in [0.3, 0.4) is 0 Å². The first-order valence-corrected chi connectivity index (χ1v) is 4.75. The molecule has 0 aromatic rings. The molecule has 0 rings (SSSR count). The number of hydrogen-bond donors (Lipinski definition) is 3. The van der Waals surface area contributed by atoms with E-state index in [1.54, 1.807) is 0 Å². The first-order chi connectivity index (χ1) is 6.04. The number of carboxylic acid groups (broad SMARTS) is 1. The molecule has 13 heavy (non-hydrogen) atoms. The SMILES string of the molecule is CC(C)NCCCC[C@@H](N)C(=O)O. The lowest BCUT2D eigenvalue weighted by Gasteiger charge is -2.08. The highest BCUT2D eigenvalue weighted by molar-refractivity contribution is 5.72. The van der Waals surface area contributed by atoms with Gasteiger partial charge >= 0.3 is 5.97 Å². The fourth-order valence-corrected chi connectivity index (χ4v) is 1.00. The highest BCUT2D eigenvalue weighted by Crippen LogP contribution is 1.98. The second-order valence-electron chi connectivity index (χ2n) is 3.55. The Labute approximate surface area is 79.5 Å². The molecule has 0 unspecified atom stereocenters. The summed E-state index contributed by atoms with van der Waals surface area (Å²) in [6.07, 6.45) is 2.42. The molecule has 0 aromatic carbocycles. The summed E-state index contributed by atoms with van der Waals surface area (Å²) in [5.41, 5.74) is 5.34. The summed E-state index contributed by atoms with van der Waals surface area (Å²) in [5, 5.41) is 11.7. The third-order valence-corrected chi connectivity index (χ3v) is 1.81. The van der Waals surface area contributed by atoms with Crippen LogP contribution in [-0.4, -0.2) is 29.7 Å². The van der Waals surface area contributed by atoms with E-state index >= 15 is 0 Å². The molecular formula is C9H20N2O2. The van der Waals surface area contributed by atoms with E-state index in [2.05, 4.69) is 19.2 Å². The van der Waals surface area contributed by atoms with E-state index in [0.717, 1.165) is 19.4 Å². The van der Waals surface area contributed by atoms with Crippen molar-refractivity contribution in [2.45, 2.75) is 45.2 Å². The van der Waals surface area contributed by atoms with Crippen molar-refractivity contribution >= 4 is 5.97 Å². The van der Waals surface area contributed by atoms with Gasteiger partial charge in [-0.2, -0.15) is 0 Å². The Morgan fingerprint density at radius 3 is 2.54 bits per heavy atom. The second-order valence-corrected chi connectivity index (χ2v) is 3.55. The van der Waals surface area contributed by atoms with Crippen LogP contribution in [-0.2, 0) is 4.79 Å². The van der Waals surface area contributed by atoms with E-state index in [-0.39, 0.29) is 0 Å². The number of carboxylic acids is 1. The molecule has 0 radical (unpaired) electrons. The zero-order chi connectivity index (χ0) is 10.3. The molecule has 4 nitrogen and oxygen atoms in total. The quantitative estimate of drug-likeness (QED) is 0.510. The van der Waals surface area contributed by atoms with Crippen molar-refractivity contribution < 1.29 is 9.90 Å². The summed E-state index contributed by atoms with van der Waals surface area (Å²) < 4.78 is 0. The zero-order valence-corrected chi connectivity index (χ0v) is 8.42. The minimum absolute atomic E-state index is 0.494. The van der Waals surface area contributed by atoms with Gasteiger partial charge in [0.15, 0.2) is 0 Å². The number of carbonyl (C=O) groups is 1. The summed E-state index contributed by atoms with van der Waals surface area (Å²) in [7, 11) is 0. The van der Waals surface area contributed by atoms with E-state index in [1.165, 1.54) is 0 Å². The normalized spacial score (nSPS) is 13.2. The molecule has 0 aromatic heterocycles. The van der Waals surface area contributed by atoms with Gasteiger partial charge in [0.25, 0.3) is 0 Å². The van der Waals surface area contributed by atoms with Gasteiger partial charge in [-0.3, -0.25) is 4.79 Å². The second kappa shape index (κ2) is 6.86. The minimum Gasteiger partial charge on any atom is -0.480 e. The Hall–Kier alpha value is -0.610. The monoisotopic (exact) mass is 188 g/mol. The minimum atomic E-state index is -0.906. The number of rotatable bonds is 7. The van der Waals surface area contributed by atoms with Gasteiger partial charge < -0.3 is 16.2 Å². The van der Waals surface area contributed by atoms with Crippen LogP contribution < -0.4 is 11.1 Å². The van der Waals surface area contributed by atoms with E-state index in [4.69, 9.17) is 10.8 Å². The molecular weight excluding hydrogens is 168 g/mol. The smallest absolute Gasteiger partial charge is 0.320 e. The van der Waals surface area contributed by atoms with Crippen molar-refractivity contribution in [1.29, 1.82) is 0 Å². The van der Waals surface area contributed by atoms with Crippen LogP contribution in [0.15, 0.2) is 0 Å². The molecule has 0 aliphatic heterocycles. The van der Waals surface area contributed by atoms with Crippen LogP contribution in [0.2, 0.25) is 0 Å². The third-order valence-electron chi connectivity index (χ3n) is 1.81. The van der Waals surface area contributed by atoms with Crippen molar-refractivity contribution in [2.24, 2.45) is 5.73 Å². The van der Waals surface area contributed by atoms with Crippen molar-refractivity contribution in [3.63, 3.8) is 0 Å². The van der Waals surface area contributed by atoms with E-state index in [1.807, 2.05) is 0 Å². The Balaban J connectivity index is 3.21. The number of nitrogens with one attached hydrogen (secondary N) is 1. The van der Waals surface area contributed by atoms with Gasteiger partial charge in [-0.05, 0) is 19.4 Å². The van der Waals surface area contributed by atoms with Gasteiger partial charge in [0, 0.05) is 6.04 Å². The largest absolute Gasteiger partial charge is 0.480 e.